The smallest absolute Gasteiger partial charge is 0.246 e. The second-order valence-corrected chi connectivity index (χ2v) is 9.19. The third-order valence-corrected chi connectivity index (χ3v) is 7.34. The molecular weight excluding hydrogens is 400 g/mol. The molecule has 166 valence electrons. The van der Waals surface area contributed by atoms with Gasteiger partial charge in [0, 0.05) is 57.5 Å². The van der Waals surface area contributed by atoms with E-state index in [1.54, 1.807) is 6.08 Å². The first-order chi connectivity index (χ1) is 15.6. The molecule has 2 aromatic rings. The molecule has 32 heavy (non-hydrogen) atoms. The Morgan fingerprint density at radius 2 is 1.59 bits per heavy atom. The number of likely N-dealkylation sites (tertiary alicyclic amines) is 1. The van der Waals surface area contributed by atoms with Gasteiger partial charge in [0.05, 0.1) is 0 Å². The molecule has 1 saturated carbocycles. The highest BCUT2D eigenvalue weighted by atomic mass is 16.2. The molecule has 2 saturated heterocycles. The van der Waals surface area contributed by atoms with Crippen LogP contribution in [-0.2, 0) is 9.59 Å². The molecule has 1 aromatic carbocycles. The molecule has 1 unspecified atom stereocenters. The molecule has 2 aliphatic heterocycles. The minimum absolute atomic E-state index is 0.0675. The maximum absolute atomic E-state index is 13.2. The first-order valence-corrected chi connectivity index (χ1v) is 11.6. The molecule has 6 nitrogen and oxygen atoms in total. The first-order valence-electron chi connectivity index (χ1n) is 11.6. The molecule has 5 rings (SSSR count). The fourth-order valence-electron chi connectivity index (χ4n) is 5.18. The lowest BCUT2D eigenvalue weighted by Crippen LogP contribution is -2.50. The van der Waals surface area contributed by atoms with Crippen molar-refractivity contribution >= 4 is 23.7 Å². The highest BCUT2D eigenvalue weighted by molar-refractivity contribution is 5.92. The Hall–Kier alpha value is -3.15. The standard InChI is InChI=1S/C26H30N4O2/c31-24(10-9-21-6-2-1-3-7-21)29-14-11-26(12-15-29)20-22(26)25(32)30-18-16-28(17-19-30)23-8-4-5-13-27-23/h1-10,13,22H,11-12,14-20H2/b10-9+. The summed E-state index contributed by atoms with van der Waals surface area (Å²) in [6.45, 7) is 4.68. The van der Waals surface area contributed by atoms with Crippen molar-refractivity contribution in [3.8, 4) is 0 Å². The molecule has 3 aliphatic rings. The van der Waals surface area contributed by atoms with Crippen molar-refractivity contribution in [2.75, 3.05) is 44.2 Å². The maximum Gasteiger partial charge on any atom is 0.246 e. The number of carbonyl (C=O) groups excluding carboxylic acids is 2. The minimum atomic E-state index is 0.0675. The number of nitrogens with zero attached hydrogens (tertiary/aromatic N) is 4. The zero-order valence-corrected chi connectivity index (χ0v) is 18.4. The molecular formula is C26H30N4O2. The van der Waals surface area contributed by atoms with Crippen molar-refractivity contribution in [2.24, 2.45) is 11.3 Å². The SMILES string of the molecule is O=C(/C=C/c1ccccc1)N1CCC2(CC1)CC2C(=O)N1CCN(c2ccccn2)CC1. The van der Waals surface area contributed by atoms with Crippen molar-refractivity contribution in [3.63, 3.8) is 0 Å². The lowest BCUT2D eigenvalue weighted by atomic mass is 9.90. The number of rotatable bonds is 4. The average Bonchev–Trinajstić information content (AvgIpc) is 3.56. The lowest BCUT2D eigenvalue weighted by Gasteiger charge is -2.37. The topological polar surface area (TPSA) is 56.8 Å². The van der Waals surface area contributed by atoms with Gasteiger partial charge in [-0.3, -0.25) is 9.59 Å². The largest absolute Gasteiger partial charge is 0.353 e. The van der Waals surface area contributed by atoms with E-state index in [4.69, 9.17) is 0 Å². The van der Waals surface area contributed by atoms with Gasteiger partial charge in [-0.15, -0.1) is 0 Å². The number of piperidine rings is 1. The van der Waals surface area contributed by atoms with Gasteiger partial charge in [0.2, 0.25) is 11.8 Å². The zero-order chi connectivity index (χ0) is 22.0. The van der Waals surface area contributed by atoms with Crippen molar-refractivity contribution in [3.05, 3.63) is 66.4 Å². The Labute approximate surface area is 189 Å². The highest BCUT2D eigenvalue weighted by Crippen LogP contribution is 2.60. The molecule has 1 aliphatic carbocycles. The summed E-state index contributed by atoms with van der Waals surface area (Å²) in [5.41, 5.74) is 1.15. The highest BCUT2D eigenvalue weighted by Gasteiger charge is 2.59. The van der Waals surface area contributed by atoms with Gasteiger partial charge in [-0.25, -0.2) is 4.98 Å². The van der Waals surface area contributed by atoms with Crippen LogP contribution in [0.25, 0.3) is 6.08 Å². The molecule has 0 radical (unpaired) electrons. The number of benzene rings is 1. The number of aromatic nitrogens is 1. The molecule has 0 N–H and O–H groups in total. The van der Waals surface area contributed by atoms with Gasteiger partial charge in [0.25, 0.3) is 0 Å². The lowest BCUT2D eigenvalue weighted by molar-refractivity contribution is -0.134. The Morgan fingerprint density at radius 3 is 2.28 bits per heavy atom. The van der Waals surface area contributed by atoms with Crippen LogP contribution in [0.2, 0.25) is 0 Å². The van der Waals surface area contributed by atoms with Crippen LogP contribution in [0.15, 0.2) is 60.8 Å². The van der Waals surface area contributed by atoms with E-state index in [-0.39, 0.29) is 17.2 Å². The van der Waals surface area contributed by atoms with Crippen LogP contribution in [0.3, 0.4) is 0 Å². The summed E-state index contributed by atoms with van der Waals surface area (Å²) >= 11 is 0. The monoisotopic (exact) mass is 430 g/mol. The van der Waals surface area contributed by atoms with Gasteiger partial charge >= 0.3 is 0 Å². The predicted octanol–water partition coefficient (Wildman–Crippen LogP) is 3.07. The van der Waals surface area contributed by atoms with E-state index < -0.39 is 0 Å². The van der Waals surface area contributed by atoms with Crippen molar-refractivity contribution in [1.29, 1.82) is 0 Å². The summed E-state index contributed by atoms with van der Waals surface area (Å²) in [7, 11) is 0. The van der Waals surface area contributed by atoms with Crippen LogP contribution in [-0.4, -0.2) is 65.9 Å². The van der Waals surface area contributed by atoms with Crippen LogP contribution in [0.1, 0.15) is 24.8 Å². The molecule has 1 spiro atoms. The van der Waals surface area contributed by atoms with Gasteiger partial charge in [-0.2, -0.15) is 0 Å². The van der Waals surface area contributed by atoms with Crippen LogP contribution in [0, 0.1) is 11.3 Å². The molecule has 2 amide bonds. The second kappa shape index (κ2) is 8.77. The van der Waals surface area contributed by atoms with Gasteiger partial charge in [0.15, 0.2) is 0 Å². The van der Waals surface area contributed by atoms with E-state index in [1.807, 2.05) is 70.6 Å². The van der Waals surface area contributed by atoms with Gasteiger partial charge < -0.3 is 14.7 Å². The molecule has 1 aromatic heterocycles. The number of pyridine rings is 1. The van der Waals surface area contributed by atoms with Crippen LogP contribution in [0.5, 0.6) is 0 Å². The third kappa shape index (κ3) is 4.27. The summed E-state index contributed by atoms with van der Waals surface area (Å²) < 4.78 is 0. The normalized spacial score (nSPS) is 22.4. The molecule has 0 bridgehead atoms. The number of hydrogen-bond donors (Lipinski definition) is 0. The Balaban J connectivity index is 1.10. The summed E-state index contributed by atoms with van der Waals surface area (Å²) in [6, 6.07) is 15.8. The van der Waals surface area contributed by atoms with E-state index in [1.165, 1.54) is 0 Å². The first kappa shape index (κ1) is 20.7. The van der Waals surface area contributed by atoms with Gasteiger partial charge in [-0.1, -0.05) is 36.4 Å². The number of anilines is 1. The van der Waals surface area contributed by atoms with Crippen LogP contribution < -0.4 is 4.90 Å². The van der Waals surface area contributed by atoms with Gasteiger partial charge in [0.1, 0.15) is 5.82 Å². The minimum Gasteiger partial charge on any atom is -0.353 e. The Kier molecular flexibility index (Phi) is 5.68. The van der Waals surface area contributed by atoms with Crippen LogP contribution in [0.4, 0.5) is 5.82 Å². The van der Waals surface area contributed by atoms with E-state index >= 15 is 0 Å². The van der Waals surface area contributed by atoms with E-state index in [0.29, 0.717) is 5.91 Å². The third-order valence-electron chi connectivity index (χ3n) is 7.34. The number of carbonyl (C=O) groups is 2. The van der Waals surface area contributed by atoms with Crippen molar-refractivity contribution in [1.82, 2.24) is 14.8 Å². The summed E-state index contributed by atoms with van der Waals surface area (Å²) in [5.74, 6) is 1.51. The molecule has 3 fully saturated rings. The summed E-state index contributed by atoms with van der Waals surface area (Å²) in [6.07, 6.45) is 8.21. The maximum atomic E-state index is 13.2. The number of amides is 2. The summed E-state index contributed by atoms with van der Waals surface area (Å²) in [5, 5.41) is 0. The van der Waals surface area contributed by atoms with Gasteiger partial charge in [-0.05, 0) is 48.4 Å². The quantitative estimate of drug-likeness (QED) is 0.700. The van der Waals surface area contributed by atoms with E-state index in [9.17, 15) is 9.59 Å². The summed E-state index contributed by atoms with van der Waals surface area (Å²) in [4.78, 5) is 36.4. The molecule has 6 heteroatoms. The number of hydrogen-bond acceptors (Lipinski definition) is 4. The fourth-order valence-corrected chi connectivity index (χ4v) is 5.18. The predicted molar refractivity (Wildman–Crippen MR) is 125 cm³/mol. The molecule has 1 atom stereocenters. The zero-order valence-electron chi connectivity index (χ0n) is 18.4. The van der Waals surface area contributed by atoms with Crippen molar-refractivity contribution < 1.29 is 9.59 Å². The Morgan fingerprint density at radius 1 is 0.875 bits per heavy atom. The van der Waals surface area contributed by atoms with Crippen LogP contribution >= 0.6 is 0 Å². The van der Waals surface area contributed by atoms with E-state index in [2.05, 4.69) is 9.88 Å². The molecule has 3 heterocycles. The fraction of sp³-hybridized carbons (Fsp3) is 0.423. The van der Waals surface area contributed by atoms with E-state index in [0.717, 1.165) is 69.9 Å². The van der Waals surface area contributed by atoms with Crippen molar-refractivity contribution in [2.45, 2.75) is 19.3 Å². The average molecular weight is 431 g/mol. The number of piperazine rings is 1. The second-order valence-electron chi connectivity index (χ2n) is 9.19. The Bertz CT molecular complexity index is 975.